The number of hydrogen-bond donors (Lipinski definition) is 2. The van der Waals surface area contributed by atoms with Crippen molar-refractivity contribution in [2.45, 2.75) is 45.1 Å². The van der Waals surface area contributed by atoms with E-state index in [4.69, 9.17) is 5.73 Å². The number of nitrogens with one attached hydrogen (secondary N) is 1. The molecule has 0 heterocycles. The SMILES string of the molecule is CCCCS(=O)(=O)NC1CCC(CN)C1. The van der Waals surface area contributed by atoms with Gasteiger partial charge in [-0.05, 0) is 38.1 Å². The van der Waals surface area contributed by atoms with Crippen molar-refractivity contribution in [1.82, 2.24) is 4.72 Å². The quantitative estimate of drug-likeness (QED) is 0.715. The van der Waals surface area contributed by atoms with E-state index >= 15 is 0 Å². The highest BCUT2D eigenvalue weighted by Crippen LogP contribution is 2.24. The van der Waals surface area contributed by atoms with Crippen LogP contribution in [0.2, 0.25) is 0 Å². The Morgan fingerprint density at radius 1 is 1.40 bits per heavy atom. The third-order valence-electron chi connectivity index (χ3n) is 2.99. The van der Waals surface area contributed by atoms with Crippen molar-refractivity contribution in [3.63, 3.8) is 0 Å². The Labute approximate surface area is 92.7 Å². The molecular weight excluding hydrogens is 212 g/mol. The molecule has 0 aliphatic heterocycles. The molecule has 4 nitrogen and oxygen atoms in total. The van der Waals surface area contributed by atoms with Gasteiger partial charge in [-0.2, -0.15) is 0 Å². The van der Waals surface area contributed by atoms with E-state index in [1.54, 1.807) is 0 Å². The summed E-state index contributed by atoms with van der Waals surface area (Å²) in [5, 5.41) is 0. The van der Waals surface area contributed by atoms with E-state index < -0.39 is 10.0 Å². The Bertz CT molecular complexity index is 277. The Balaban J connectivity index is 2.35. The van der Waals surface area contributed by atoms with E-state index in [2.05, 4.69) is 4.72 Å². The first kappa shape index (κ1) is 12.9. The fourth-order valence-electron chi connectivity index (χ4n) is 2.04. The maximum absolute atomic E-state index is 11.6. The van der Waals surface area contributed by atoms with Crippen LogP contribution in [0, 0.1) is 5.92 Å². The molecule has 0 aromatic rings. The van der Waals surface area contributed by atoms with Crippen LogP contribution in [-0.4, -0.2) is 26.8 Å². The molecule has 0 saturated heterocycles. The molecule has 0 amide bonds. The van der Waals surface area contributed by atoms with Crippen molar-refractivity contribution in [2.75, 3.05) is 12.3 Å². The fourth-order valence-corrected chi connectivity index (χ4v) is 3.55. The van der Waals surface area contributed by atoms with Crippen LogP contribution in [0.1, 0.15) is 39.0 Å². The van der Waals surface area contributed by atoms with E-state index in [0.29, 0.717) is 12.5 Å². The number of hydrogen-bond acceptors (Lipinski definition) is 3. The minimum absolute atomic E-state index is 0.125. The third-order valence-corrected chi connectivity index (χ3v) is 4.51. The molecule has 5 heteroatoms. The summed E-state index contributed by atoms with van der Waals surface area (Å²) in [5.74, 6) is 0.761. The third kappa shape index (κ3) is 4.49. The van der Waals surface area contributed by atoms with Crippen molar-refractivity contribution < 1.29 is 8.42 Å². The molecule has 3 N–H and O–H groups in total. The first-order chi connectivity index (χ1) is 7.07. The van der Waals surface area contributed by atoms with Crippen LogP contribution in [0.3, 0.4) is 0 Å². The molecule has 0 aromatic carbocycles. The van der Waals surface area contributed by atoms with Crippen LogP contribution in [0.15, 0.2) is 0 Å². The summed E-state index contributed by atoms with van der Waals surface area (Å²) < 4.78 is 26.0. The van der Waals surface area contributed by atoms with Gasteiger partial charge in [0, 0.05) is 6.04 Å². The molecule has 1 rings (SSSR count). The van der Waals surface area contributed by atoms with Gasteiger partial charge in [0.1, 0.15) is 0 Å². The molecule has 90 valence electrons. The number of nitrogens with two attached hydrogens (primary N) is 1. The van der Waals surface area contributed by atoms with Crippen LogP contribution in [0.4, 0.5) is 0 Å². The van der Waals surface area contributed by atoms with Crippen molar-refractivity contribution in [3.05, 3.63) is 0 Å². The van der Waals surface area contributed by atoms with Crippen molar-refractivity contribution in [1.29, 1.82) is 0 Å². The average molecular weight is 234 g/mol. The Morgan fingerprint density at radius 3 is 2.67 bits per heavy atom. The zero-order valence-corrected chi connectivity index (χ0v) is 10.2. The summed E-state index contributed by atoms with van der Waals surface area (Å²) >= 11 is 0. The lowest BCUT2D eigenvalue weighted by Crippen LogP contribution is -2.35. The summed E-state index contributed by atoms with van der Waals surface area (Å²) in [6, 6.07) is 0.125. The molecule has 0 aromatic heterocycles. The van der Waals surface area contributed by atoms with Gasteiger partial charge < -0.3 is 5.73 Å². The van der Waals surface area contributed by atoms with Gasteiger partial charge in [-0.15, -0.1) is 0 Å². The molecule has 2 atom stereocenters. The zero-order chi connectivity index (χ0) is 11.3. The van der Waals surface area contributed by atoms with Crippen LogP contribution >= 0.6 is 0 Å². The first-order valence-electron chi connectivity index (χ1n) is 5.77. The second kappa shape index (κ2) is 5.82. The van der Waals surface area contributed by atoms with Crippen molar-refractivity contribution >= 4 is 10.0 Å². The van der Waals surface area contributed by atoms with Crippen LogP contribution in [0.5, 0.6) is 0 Å². The standard InChI is InChI=1S/C10H22N2O2S/c1-2-3-6-15(13,14)12-10-5-4-9(7-10)8-11/h9-10,12H,2-8,11H2,1H3. The van der Waals surface area contributed by atoms with Crippen LogP contribution < -0.4 is 10.5 Å². The van der Waals surface area contributed by atoms with Gasteiger partial charge in [-0.3, -0.25) is 0 Å². The number of sulfonamides is 1. The van der Waals surface area contributed by atoms with Gasteiger partial charge >= 0.3 is 0 Å². The minimum atomic E-state index is -3.05. The monoisotopic (exact) mass is 234 g/mol. The average Bonchev–Trinajstić information content (AvgIpc) is 2.62. The number of unbranched alkanes of at least 4 members (excludes halogenated alkanes) is 1. The predicted octanol–water partition coefficient (Wildman–Crippen LogP) is 0.833. The van der Waals surface area contributed by atoms with Crippen LogP contribution in [-0.2, 0) is 10.0 Å². The van der Waals surface area contributed by atoms with Crippen LogP contribution in [0.25, 0.3) is 0 Å². The van der Waals surface area contributed by atoms with E-state index in [1.807, 2.05) is 6.92 Å². The lowest BCUT2D eigenvalue weighted by Gasteiger charge is -2.12. The topological polar surface area (TPSA) is 72.2 Å². The summed E-state index contributed by atoms with van der Waals surface area (Å²) in [4.78, 5) is 0. The summed E-state index contributed by atoms with van der Waals surface area (Å²) in [7, 11) is -3.05. The first-order valence-corrected chi connectivity index (χ1v) is 7.42. The van der Waals surface area contributed by atoms with Crippen molar-refractivity contribution in [3.8, 4) is 0 Å². The summed E-state index contributed by atoms with van der Waals surface area (Å²) in [6.07, 6.45) is 4.55. The molecule has 0 bridgehead atoms. The number of rotatable bonds is 6. The smallest absolute Gasteiger partial charge is 0.211 e. The Morgan fingerprint density at radius 2 is 2.13 bits per heavy atom. The van der Waals surface area contributed by atoms with E-state index in [1.165, 1.54) is 0 Å². The highest BCUT2D eigenvalue weighted by molar-refractivity contribution is 7.89. The maximum atomic E-state index is 11.6. The highest BCUT2D eigenvalue weighted by Gasteiger charge is 2.26. The second-order valence-corrected chi connectivity index (χ2v) is 6.28. The van der Waals surface area contributed by atoms with Gasteiger partial charge in [0.15, 0.2) is 0 Å². The van der Waals surface area contributed by atoms with Gasteiger partial charge in [-0.1, -0.05) is 13.3 Å². The normalized spacial score (nSPS) is 27.1. The fraction of sp³-hybridized carbons (Fsp3) is 1.00. The highest BCUT2D eigenvalue weighted by atomic mass is 32.2. The summed E-state index contributed by atoms with van der Waals surface area (Å²) in [5.41, 5.74) is 5.56. The molecule has 1 aliphatic carbocycles. The van der Waals surface area contributed by atoms with Gasteiger partial charge in [0.05, 0.1) is 5.75 Å². The molecular formula is C10H22N2O2S. The second-order valence-electron chi connectivity index (χ2n) is 4.40. The van der Waals surface area contributed by atoms with Gasteiger partial charge in [-0.25, -0.2) is 13.1 Å². The van der Waals surface area contributed by atoms with Crippen molar-refractivity contribution in [2.24, 2.45) is 11.7 Å². The maximum Gasteiger partial charge on any atom is 0.211 e. The zero-order valence-electron chi connectivity index (χ0n) is 9.41. The largest absolute Gasteiger partial charge is 0.330 e. The minimum Gasteiger partial charge on any atom is -0.330 e. The van der Waals surface area contributed by atoms with E-state index in [9.17, 15) is 8.42 Å². The van der Waals surface area contributed by atoms with E-state index in [0.717, 1.165) is 32.1 Å². The molecule has 2 unspecified atom stereocenters. The van der Waals surface area contributed by atoms with Gasteiger partial charge in [0.25, 0.3) is 0 Å². The van der Waals surface area contributed by atoms with Gasteiger partial charge in [0.2, 0.25) is 10.0 Å². The lowest BCUT2D eigenvalue weighted by molar-refractivity contribution is 0.522. The Kier molecular flexibility index (Phi) is 5.02. The van der Waals surface area contributed by atoms with E-state index in [-0.39, 0.29) is 11.8 Å². The molecule has 0 radical (unpaired) electrons. The molecule has 1 saturated carbocycles. The molecule has 1 aliphatic rings. The Hall–Kier alpha value is -0.130. The molecule has 0 spiro atoms. The predicted molar refractivity (Wildman–Crippen MR) is 62.0 cm³/mol. The lowest BCUT2D eigenvalue weighted by atomic mass is 10.1. The molecule has 1 fully saturated rings. The molecule has 15 heavy (non-hydrogen) atoms. The summed E-state index contributed by atoms with van der Waals surface area (Å²) in [6.45, 7) is 2.67.